The molecule has 2 heteroatoms. The average Bonchev–Trinajstić information content (AvgIpc) is 3.22. The molecule has 248 valence electrons. The van der Waals surface area contributed by atoms with E-state index in [0.29, 0.717) is 0 Å². The minimum absolute atomic E-state index is 1.12. The fourth-order valence-electron chi connectivity index (χ4n) is 6.68. The van der Waals surface area contributed by atoms with Crippen LogP contribution in [0.5, 0.6) is 0 Å². The molecule has 2 nitrogen and oxygen atoms in total. The minimum atomic E-state index is 1.12. The molecule has 0 heterocycles. The highest BCUT2D eigenvalue weighted by Gasteiger charge is 2.13. The Bertz CT molecular complexity index is 2160. The standard InChI is InChI=1S/C50H38N2/c1-5-15-43(16-6-1)51(44-17-7-2-8-18-44)47-35-27-39(28-36-47)25-31-41-33-34-42(50-24-14-13-23-49(41)50)32-26-40-29-37-48(38-30-40)52(45-19-9-3-10-20-45)46-21-11-4-12-22-46/h1-38H/b31-25-,32-26-. The smallest absolute Gasteiger partial charge is 0.0462 e. The molecule has 0 aliphatic carbocycles. The predicted octanol–water partition coefficient (Wildman–Crippen LogP) is 14.1. The van der Waals surface area contributed by atoms with Crippen LogP contribution in [0.3, 0.4) is 0 Å². The maximum Gasteiger partial charge on any atom is 0.0462 e. The number of hydrogen-bond donors (Lipinski definition) is 0. The third-order valence-corrected chi connectivity index (χ3v) is 9.26. The largest absolute Gasteiger partial charge is 0.311 e. The fraction of sp³-hybridized carbons (Fsp3) is 0. The van der Waals surface area contributed by atoms with Crippen molar-refractivity contribution in [3.63, 3.8) is 0 Å². The molecule has 0 N–H and O–H groups in total. The Kier molecular flexibility index (Phi) is 9.53. The first-order valence-corrected chi connectivity index (χ1v) is 17.7. The van der Waals surface area contributed by atoms with E-state index in [2.05, 4.69) is 240 Å². The molecular weight excluding hydrogens is 629 g/mol. The second-order valence-electron chi connectivity index (χ2n) is 12.7. The van der Waals surface area contributed by atoms with Crippen molar-refractivity contribution < 1.29 is 0 Å². The summed E-state index contributed by atoms with van der Waals surface area (Å²) >= 11 is 0. The number of benzene rings is 8. The normalized spacial score (nSPS) is 11.3. The number of nitrogens with zero attached hydrogens (tertiary/aromatic N) is 2. The highest BCUT2D eigenvalue weighted by Crippen LogP contribution is 2.36. The predicted molar refractivity (Wildman–Crippen MR) is 224 cm³/mol. The van der Waals surface area contributed by atoms with Gasteiger partial charge in [-0.2, -0.15) is 0 Å². The quantitative estimate of drug-likeness (QED) is 0.134. The van der Waals surface area contributed by atoms with Crippen LogP contribution in [0.2, 0.25) is 0 Å². The van der Waals surface area contributed by atoms with E-state index >= 15 is 0 Å². The number of para-hydroxylation sites is 4. The van der Waals surface area contributed by atoms with Crippen molar-refractivity contribution >= 4 is 69.2 Å². The van der Waals surface area contributed by atoms with Crippen molar-refractivity contribution in [2.75, 3.05) is 9.80 Å². The van der Waals surface area contributed by atoms with Crippen LogP contribution in [0.4, 0.5) is 34.1 Å². The SMILES string of the molecule is C(=C/c1ccc(/C=C\c2ccc(N(c3ccccc3)c3ccccc3)cc2)c2ccccc12)/c1ccc(N(c2ccccc2)c2ccccc2)cc1. The molecule has 0 fully saturated rings. The van der Waals surface area contributed by atoms with E-state index in [9.17, 15) is 0 Å². The lowest BCUT2D eigenvalue weighted by molar-refractivity contribution is 1.28. The molecule has 0 atom stereocenters. The third kappa shape index (κ3) is 7.19. The lowest BCUT2D eigenvalue weighted by atomic mass is 9.98. The number of fused-ring (bicyclic) bond motifs is 1. The summed E-state index contributed by atoms with van der Waals surface area (Å²) < 4.78 is 0. The average molecular weight is 667 g/mol. The summed E-state index contributed by atoms with van der Waals surface area (Å²) in [7, 11) is 0. The summed E-state index contributed by atoms with van der Waals surface area (Å²) in [6.45, 7) is 0. The van der Waals surface area contributed by atoms with Gasteiger partial charge in [0, 0.05) is 34.1 Å². The van der Waals surface area contributed by atoms with Gasteiger partial charge in [-0.25, -0.2) is 0 Å². The van der Waals surface area contributed by atoms with Crippen LogP contribution < -0.4 is 9.80 Å². The van der Waals surface area contributed by atoms with Crippen LogP contribution in [0.25, 0.3) is 35.1 Å². The maximum absolute atomic E-state index is 2.28. The van der Waals surface area contributed by atoms with Gasteiger partial charge in [0.1, 0.15) is 0 Å². The van der Waals surface area contributed by atoms with E-state index in [1.54, 1.807) is 0 Å². The Hall–Kier alpha value is -6.90. The molecule has 0 spiro atoms. The van der Waals surface area contributed by atoms with E-state index in [4.69, 9.17) is 0 Å². The van der Waals surface area contributed by atoms with Crippen molar-refractivity contribution in [2.24, 2.45) is 0 Å². The van der Waals surface area contributed by atoms with Crippen molar-refractivity contribution in [1.29, 1.82) is 0 Å². The molecule has 8 rings (SSSR count). The van der Waals surface area contributed by atoms with Gasteiger partial charge in [0.15, 0.2) is 0 Å². The van der Waals surface area contributed by atoms with Crippen LogP contribution in [0.15, 0.2) is 206 Å². The molecule has 52 heavy (non-hydrogen) atoms. The second-order valence-corrected chi connectivity index (χ2v) is 12.7. The molecule has 0 amide bonds. The molecule has 0 unspecified atom stereocenters. The third-order valence-electron chi connectivity index (χ3n) is 9.26. The van der Waals surface area contributed by atoms with Gasteiger partial charge in [0.2, 0.25) is 0 Å². The van der Waals surface area contributed by atoms with E-state index in [1.807, 2.05) is 0 Å². The highest BCUT2D eigenvalue weighted by molar-refractivity contribution is 5.99. The topological polar surface area (TPSA) is 6.48 Å². The first kappa shape index (κ1) is 32.3. The zero-order valence-electron chi connectivity index (χ0n) is 28.8. The van der Waals surface area contributed by atoms with Crippen molar-refractivity contribution in [3.8, 4) is 0 Å². The molecule has 0 bridgehead atoms. The Morgan fingerprint density at radius 1 is 0.231 bits per heavy atom. The lowest BCUT2D eigenvalue weighted by Gasteiger charge is -2.25. The molecular formula is C50H38N2. The summed E-state index contributed by atoms with van der Waals surface area (Å²) in [6.07, 6.45) is 8.85. The highest BCUT2D eigenvalue weighted by atomic mass is 15.1. The van der Waals surface area contributed by atoms with Gasteiger partial charge in [-0.1, -0.05) is 158 Å². The van der Waals surface area contributed by atoms with Crippen molar-refractivity contribution in [3.05, 3.63) is 229 Å². The van der Waals surface area contributed by atoms with Crippen LogP contribution in [-0.2, 0) is 0 Å². The van der Waals surface area contributed by atoms with Gasteiger partial charge in [-0.05, 0) is 106 Å². The van der Waals surface area contributed by atoms with E-state index in [1.165, 1.54) is 21.9 Å². The molecule has 0 radical (unpaired) electrons. The minimum Gasteiger partial charge on any atom is -0.311 e. The number of hydrogen-bond acceptors (Lipinski definition) is 2. The van der Waals surface area contributed by atoms with Gasteiger partial charge < -0.3 is 9.80 Å². The molecule has 0 saturated heterocycles. The van der Waals surface area contributed by atoms with Crippen molar-refractivity contribution in [1.82, 2.24) is 0 Å². The first-order valence-electron chi connectivity index (χ1n) is 17.7. The summed E-state index contributed by atoms with van der Waals surface area (Å²) in [5.41, 5.74) is 11.5. The van der Waals surface area contributed by atoms with Crippen molar-refractivity contribution in [2.45, 2.75) is 0 Å². The first-order chi connectivity index (χ1) is 25.8. The molecule has 0 aliphatic rings. The van der Waals surface area contributed by atoms with Gasteiger partial charge in [-0.3, -0.25) is 0 Å². The van der Waals surface area contributed by atoms with Gasteiger partial charge in [0.25, 0.3) is 0 Å². The van der Waals surface area contributed by atoms with Crippen LogP contribution in [0.1, 0.15) is 22.3 Å². The van der Waals surface area contributed by atoms with Gasteiger partial charge in [0.05, 0.1) is 0 Å². The summed E-state index contributed by atoms with van der Waals surface area (Å²) in [4.78, 5) is 4.57. The molecule has 0 aliphatic heterocycles. The van der Waals surface area contributed by atoms with Gasteiger partial charge >= 0.3 is 0 Å². The Morgan fingerprint density at radius 3 is 0.808 bits per heavy atom. The Morgan fingerprint density at radius 2 is 0.500 bits per heavy atom. The summed E-state index contributed by atoms with van der Waals surface area (Å²) in [6, 6.07) is 72.7. The van der Waals surface area contributed by atoms with E-state index in [-0.39, 0.29) is 0 Å². The Balaban J connectivity index is 1.02. The van der Waals surface area contributed by atoms with E-state index in [0.717, 1.165) is 45.3 Å². The maximum atomic E-state index is 2.28. The molecule has 8 aromatic rings. The van der Waals surface area contributed by atoms with Crippen LogP contribution in [-0.4, -0.2) is 0 Å². The summed E-state index contributed by atoms with van der Waals surface area (Å²) in [5.74, 6) is 0. The zero-order valence-corrected chi connectivity index (χ0v) is 28.8. The summed E-state index contributed by atoms with van der Waals surface area (Å²) in [5, 5.41) is 2.46. The fourth-order valence-corrected chi connectivity index (χ4v) is 6.68. The Labute approximate surface area is 306 Å². The monoisotopic (exact) mass is 666 g/mol. The molecule has 8 aromatic carbocycles. The molecule has 0 saturated carbocycles. The lowest BCUT2D eigenvalue weighted by Crippen LogP contribution is -2.09. The van der Waals surface area contributed by atoms with Crippen LogP contribution >= 0.6 is 0 Å². The number of rotatable bonds is 10. The number of anilines is 6. The molecule has 0 aromatic heterocycles. The van der Waals surface area contributed by atoms with E-state index < -0.39 is 0 Å². The second kappa shape index (κ2) is 15.3. The van der Waals surface area contributed by atoms with Gasteiger partial charge in [-0.15, -0.1) is 0 Å². The zero-order chi connectivity index (χ0) is 35.0. The van der Waals surface area contributed by atoms with Crippen LogP contribution in [0, 0.1) is 0 Å².